The molecule has 21 heteroatoms. The van der Waals surface area contributed by atoms with Crippen molar-refractivity contribution in [3.05, 3.63) is 97.2 Å². The predicted molar refractivity (Wildman–Crippen MR) is 350 cm³/mol. The summed E-state index contributed by atoms with van der Waals surface area (Å²) in [4.78, 5) is 165. The first-order chi connectivity index (χ1) is 42.8. The monoisotopic (exact) mass is 1270 g/mol. The van der Waals surface area contributed by atoms with Crippen LogP contribution in [0.4, 0.5) is 0 Å². The van der Waals surface area contributed by atoms with Crippen LogP contribution in [-0.2, 0) is 67.1 Å². The molecule has 0 spiro atoms. The van der Waals surface area contributed by atoms with E-state index in [-0.39, 0.29) is 103 Å². The van der Waals surface area contributed by atoms with E-state index in [0.29, 0.717) is 52.2 Å². The van der Waals surface area contributed by atoms with Crippen molar-refractivity contribution in [3.63, 3.8) is 0 Å². The summed E-state index contributed by atoms with van der Waals surface area (Å²) in [5, 5.41) is 0. The van der Waals surface area contributed by atoms with Crippen LogP contribution in [0, 0.1) is 5.92 Å². The molecule has 0 saturated carbocycles. The van der Waals surface area contributed by atoms with Gasteiger partial charge in [0.1, 0.15) is 0 Å². The minimum atomic E-state index is -0.282. The number of likely N-dealkylation sites (N-methyl/N-ethyl adjacent to an activating group) is 2. The average molecular weight is 1270 g/mol. The molecule has 7 aliphatic heterocycles. The summed E-state index contributed by atoms with van der Waals surface area (Å²) in [6.45, 7) is 11.0. The molecule has 91 heavy (non-hydrogen) atoms. The van der Waals surface area contributed by atoms with Gasteiger partial charge in [0.05, 0.1) is 0 Å². The average Bonchev–Trinajstić information content (AvgIpc) is 3.02. The number of rotatable bonds is 37. The molecule has 0 aromatic heterocycles. The third-order valence-electron chi connectivity index (χ3n) is 15.4. The van der Waals surface area contributed by atoms with Gasteiger partial charge >= 0.3 is 0 Å². The van der Waals surface area contributed by atoms with Crippen molar-refractivity contribution in [2.75, 3.05) is 45.8 Å². The summed E-state index contributed by atoms with van der Waals surface area (Å²) in [7, 11) is 0. The van der Waals surface area contributed by atoms with Gasteiger partial charge in [0.15, 0.2) is 0 Å². The zero-order chi connectivity index (χ0) is 65.3. The van der Waals surface area contributed by atoms with Gasteiger partial charge in [-0.25, -0.2) is 0 Å². The van der Waals surface area contributed by atoms with Crippen molar-refractivity contribution in [2.45, 2.75) is 209 Å². The lowest BCUT2D eigenvalue weighted by Gasteiger charge is -2.20. The van der Waals surface area contributed by atoms with Crippen LogP contribution in [0.3, 0.4) is 0 Å². The molecule has 21 nitrogen and oxygen atoms in total. The Morgan fingerprint density at radius 3 is 0.692 bits per heavy atom. The molecule has 0 aromatic rings. The van der Waals surface area contributed by atoms with Crippen LogP contribution < -0.4 is 0 Å². The number of hydrogen-bond acceptors (Lipinski definition) is 14. The molecule has 7 heterocycles. The zero-order valence-corrected chi connectivity index (χ0v) is 53.0. The minimum Gasteiger partial charge on any atom is -0.276 e. The van der Waals surface area contributed by atoms with E-state index >= 15 is 0 Å². The zero-order valence-electron chi connectivity index (χ0n) is 53.0. The molecule has 7 rings (SSSR count). The lowest BCUT2D eigenvalue weighted by Crippen LogP contribution is -2.35. The first kappa shape index (κ1) is 80.9. The lowest BCUT2D eigenvalue weighted by molar-refractivity contribution is -0.139. The smallest absolute Gasteiger partial charge is 0.253 e. The van der Waals surface area contributed by atoms with E-state index in [0.717, 1.165) is 57.8 Å². The van der Waals surface area contributed by atoms with Gasteiger partial charge < -0.3 is 0 Å². The van der Waals surface area contributed by atoms with Gasteiger partial charge in [-0.2, -0.15) is 0 Å². The fourth-order valence-electron chi connectivity index (χ4n) is 10.2. The first-order valence-corrected chi connectivity index (χ1v) is 32.2. The molecule has 502 valence electrons. The Morgan fingerprint density at radius 2 is 0.462 bits per heavy atom. The molecule has 0 N–H and O–H groups in total. The Morgan fingerprint density at radius 1 is 0.264 bits per heavy atom. The molecule has 1 atom stereocenters. The predicted octanol–water partition coefficient (Wildman–Crippen LogP) is 10.1. The standard InChI is InChI=1S/C22H37NO2.C20H28N2O4.C14H16N2O4.2C6H7NO2.2CH4/c1-2-3-4-5-6-7-8-9-10-11-12-13-14-15-16-17-20-23-21(24)18-19-22(23)25;23-17-11-12-18(24)21(17)15-9-7-5-3-1-2-4-6-8-10-16-22-19(25)13-14-20(22)26;1-10(9-16-13(19)6-7-14(16)20)3-2-8-15-11(17)4-5-12(15)18;2*1-2-7-5(8)3-4-6(7)9;;/h10-11,18-19H,2-9,12-17,20H2,1H3;11-14H,1-10,15-16H2;4-7,10H,2-3,8-9H2,1H3;2*3-4H,2H2,1H3;2*1H4/b11-10+;;;;;;. The Kier molecular flexibility index (Phi) is 41.7. The number of carbonyl (C=O) groups excluding carboxylic acids is 14. The molecule has 0 radical (unpaired) electrons. The van der Waals surface area contributed by atoms with E-state index in [9.17, 15) is 67.1 Å². The highest BCUT2D eigenvalue weighted by Crippen LogP contribution is 2.17. The summed E-state index contributed by atoms with van der Waals surface area (Å²) in [5.74, 6) is -2.89. The third-order valence-corrected chi connectivity index (χ3v) is 15.4. The third kappa shape index (κ3) is 31.0. The van der Waals surface area contributed by atoms with Gasteiger partial charge in [-0.15, -0.1) is 0 Å². The maximum absolute atomic E-state index is 11.4. The number of nitrogens with zero attached hydrogens (tertiary/aromatic N) is 7. The second kappa shape index (κ2) is 46.9. The largest absolute Gasteiger partial charge is 0.276 e. The van der Waals surface area contributed by atoms with Crippen LogP contribution in [0.5, 0.6) is 0 Å². The van der Waals surface area contributed by atoms with Crippen molar-refractivity contribution < 1.29 is 67.1 Å². The summed E-state index contributed by atoms with van der Waals surface area (Å²) in [6.07, 6.45) is 53.0. The van der Waals surface area contributed by atoms with Crippen molar-refractivity contribution in [2.24, 2.45) is 5.92 Å². The number of allylic oxidation sites excluding steroid dienone is 2. The van der Waals surface area contributed by atoms with E-state index in [1.165, 1.54) is 222 Å². The molecule has 0 saturated heterocycles. The van der Waals surface area contributed by atoms with Crippen molar-refractivity contribution in [3.8, 4) is 0 Å². The van der Waals surface area contributed by atoms with Gasteiger partial charge in [-0.05, 0) is 77.6 Å². The molecule has 0 aromatic carbocycles. The highest BCUT2D eigenvalue weighted by Gasteiger charge is 2.28. The van der Waals surface area contributed by atoms with Crippen LogP contribution >= 0.6 is 0 Å². The highest BCUT2D eigenvalue weighted by molar-refractivity contribution is 6.16. The quantitative estimate of drug-likeness (QED) is 0.0318. The van der Waals surface area contributed by atoms with Crippen molar-refractivity contribution >= 4 is 82.7 Å². The molecule has 0 aliphatic carbocycles. The van der Waals surface area contributed by atoms with E-state index in [1.54, 1.807) is 13.8 Å². The summed E-state index contributed by atoms with van der Waals surface area (Å²) in [6, 6.07) is 0. The number of carbonyl (C=O) groups is 14. The molecule has 0 fully saturated rings. The maximum Gasteiger partial charge on any atom is 0.253 e. The summed E-state index contributed by atoms with van der Waals surface area (Å²) < 4.78 is 0. The van der Waals surface area contributed by atoms with Gasteiger partial charge in [0, 0.05) is 131 Å². The topological polar surface area (TPSA) is 262 Å². The number of amides is 14. The fraction of sp³-hybridized carbons (Fsp3) is 0.571. The van der Waals surface area contributed by atoms with Crippen LogP contribution in [0.1, 0.15) is 209 Å². The van der Waals surface area contributed by atoms with E-state index in [1.807, 2.05) is 6.92 Å². The molecular formula is C70H103N7O14. The highest BCUT2D eigenvalue weighted by atomic mass is 16.2. The maximum atomic E-state index is 11.4. The van der Waals surface area contributed by atoms with Gasteiger partial charge in [-0.1, -0.05) is 150 Å². The second-order valence-electron chi connectivity index (χ2n) is 22.5. The Hall–Kier alpha value is -8.10. The Labute approximate surface area is 540 Å². The Bertz CT molecular complexity index is 2500. The number of hydrogen-bond donors (Lipinski definition) is 0. The van der Waals surface area contributed by atoms with E-state index in [4.69, 9.17) is 0 Å². The Balaban J connectivity index is 0.000000596. The first-order valence-electron chi connectivity index (χ1n) is 32.2. The second-order valence-corrected chi connectivity index (χ2v) is 22.5. The normalized spacial score (nSPS) is 16.5. The van der Waals surface area contributed by atoms with E-state index in [2.05, 4.69) is 19.1 Å². The molecular weight excluding hydrogens is 1160 g/mol. The number of imide groups is 7. The van der Waals surface area contributed by atoms with Crippen LogP contribution in [0.15, 0.2) is 97.2 Å². The van der Waals surface area contributed by atoms with Crippen LogP contribution in [-0.4, -0.2) is 163 Å². The van der Waals surface area contributed by atoms with Gasteiger partial charge in [0.2, 0.25) is 0 Å². The van der Waals surface area contributed by atoms with Crippen LogP contribution in [0.25, 0.3) is 0 Å². The van der Waals surface area contributed by atoms with Gasteiger partial charge in [-0.3, -0.25) is 101 Å². The SMILES string of the molecule is C.C.CC(CCCN1C(=O)C=CC1=O)CN1C(=O)C=CC1=O.CCCCCCCCC/C=C/CCCCCCCN1C(=O)C=CC1=O.CCN1C(=O)C=CC1=O.CCN1C(=O)C=CC1=O.O=C1C=CC(=O)N1CCCCCCCCCCCCN1C(=O)C=CC1=O. The van der Waals surface area contributed by atoms with E-state index < -0.39 is 0 Å². The molecule has 7 aliphatic rings. The molecule has 1 unspecified atom stereocenters. The van der Waals surface area contributed by atoms with Crippen molar-refractivity contribution in [1.29, 1.82) is 0 Å². The minimum absolute atomic E-state index is 0. The van der Waals surface area contributed by atoms with Gasteiger partial charge in [0.25, 0.3) is 82.7 Å². The lowest BCUT2D eigenvalue weighted by atomic mass is 10.0. The van der Waals surface area contributed by atoms with Crippen molar-refractivity contribution in [1.82, 2.24) is 34.3 Å². The number of unbranched alkanes of at least 4 members (excludes halogenated alkanes) is 21. The molecule has 0 bridgehead atoms. The summed E-state index contributed by atoms with van der Waals surface area (Å²) >= 11 is 0. The van der Waals surface area contributed by atoms with Crippen LogP contribution in [0.2, 0.25) is 0 Å². The fourth-order valence-corrected chi connectivity index (χ4v) is 10.2. The summed E-state index contributed by atoms with van der Waals surface area (Å²) in [5.41, 5.74) is 0. The molecule has 14 amide bonds.